The molecule has 4 atom stereocenters. The van der Waals surface area contributed by atoms with Crippen LogP contribution in [0.3, 0.4) is 0 Å². The van der Waals surface area contributed by atoms with Crippen molar-refractivity contribution in [2.45, 2.75) is 0 Å². The Hall–Kier alpha value is 5.85. The van der Waals surface area contributed by atoms with Crippen molar-refractivity contribution < 1.29 is 61.7 Å². The van der Waals surface area contributed by atoms with E-state index in [4.69, 9.17) is 44.8 Å². The van der Waals surface area contributed by atoms with Crippen LogP contribution in [0.5, 0.6) is 0 Å². The van der Waals surface area contributed by atoms with Gasteiger partial charge in [0.1, 0.15) is 0 Å². The molecular weight excluding hydrogens is 541 g/mol. The molecule has 0 spiro atoms. The Bertz CT molecular complexity index is 317. The molecule has 0 aromatic heterocycles. The summed E-state index contributed by atoms with van der Waals surface area (Å²) in [5, 5.41) is 0. The molecule has 0 saturated heterocycles. The molecule has 24 heavy (non-hydrogen) atoms. The van der Waals surface area contributed by atoms with Gasteiger partial charge < -0.3 is 0 Å². The van der Waals surface area contributed by atoms with Gasteiger partial charge in [-0.25, -0.2) is 16.8 Å². The molecule has 0 amide bonds. The minimum atomic E-state index is -2.61. The summed E-state index contributed by atoms with van der Waals surface area (Å²) in [6.07, 6.45) is 0. The average molecular weight is 553 g/mol. The molecule has 14 nitrogen and oxygen atoms in total. The third kappa shape index (κ3) is 105. The summed E-state index contributed by atoms with van der Waals surface area (Å²) in [6.45, 7) is 0. The van der Waals surface area contributed by atoms with E-state index in [0.29, 0.717) is 0 Å². The summed E-state index contributed by atoms with van der Waals surface area (Å²) in [6, 6.07) is 0. The van der Waals surface area contributed by atoms with E-state index in [9.17, 15) is 16.8 Å². The fraction of sp³-hybridized carbons (Fsp3) is 0. The van der Waals surface area contributed by atoms with Crippen LogP contribution in [0.1, 0.15) is 0 Å². The zero-order chi connectivity index (χ0) is 17.5. The standard InChI is InChI=1S/2K.2Na.2H2O4S2.2H2O3S.4H/c;;;;2*1-5(2)6(3)4;2*1-4(2)3;;;;/h;;;;2*(H,1,2)(H,3,4);2*(H2,1,2,3);;;;. The zero-order valence-electron chi connectivity index (χ0n) is 8.48. The van der Waals surface area contributed by atoms with Gasteiger partial charge in [0.2, 0.25) is 0 Å². The van der Waals surface area contributed by atoms with E-state index < -0.39 is 63.2 Å². The number of rotatable bonds is 2. The molecule has 0 aromatic rings. The first-order valence-corrected chi connectivity index (χ1v) is 10.4. The summed E-state index contributed by atoms with van der Waals surface area (Å²) < 4.78 is 113. The summed E-state index contributed by atoms with van der Waals surface area (Å²) in [5.41, 5.74) is 0. The monoisotopic (exact) mass is 552 g/mol. The van der Waals surface area contributed by atoms with E-state index in [1.165, 1.54) is 0 Å². The van der Waals surface area contributed by atoms with Gasteiger partial charge in [-0.3, -0.25) is 36.4 Å². The van der Waals surface area contributed by atoms with Crippen LogP contribution in [0.2, 0.25) is 0 Å². The Morgan fingerprint density at radius 3 is 0.417 bits per heavy atom. The zero-order valence-corrected chi connectivity index (χ0v) is 13.4. The van der Waals surface area contributed by atoms with Crippen LogP contribution >= 0.6 is 0 Å². The van der Waals surface area contributed by atoms with E-state index in [0.717, 1.165) is 0 Å². The molecular formula is H12K2Na2O14S6. The first-order valence-electron chi connectivity index (χ1n) is 2.79. The van der Waals surface area contributed by atoms with E-state index in [2.05, 4.69) is 0 Å². The molecule has 24 heteroatoms. The van der Waals surface area contributed by atoms with Gasteiger partial charge in [-0.15, -0.1) is 0 Å². The van der Waals surface area contributed by atoms with Gasteiger partial charge in [0, 0.05) is 0 Å². The molecule has 0 aliphatic rings. The van der Waals surface area contributed by atoms with Crippen molar-refractivity contribution in [3.63, 3.8) is 0 Å². The van der Waals surface area contributed by atoms with E-state index in [-0.39, 0.29) is 162 Å². The fourth-order valence-corrected chi connectivity index (χ4v) is 0. The predicted molar refractivity (Wildman–Crippen MR) is 98.5 cm³/mol. The maximum atomic E-state index is 9.26. The SMILES string of the molecule is O=S(O)O.O=S(O)O.O=S(O)S(=O)O.O=S(O)S(=O)O.[KH].[KH].[NaH].[NaH]. The van der Waals surface area contributed by atoms with Crippen molar-refractivity contribution in [2.24, 2.45) is 0 Å². The summed E-state index contributed by atoms with van der Waals surface area (Å²) in [5.74, 6) is 0. The molecule has 0 heterocycles. The Balaban J connectivity index is -0.0000000228. The van der Waals surface area contributed by atoms with Crippen LogP contribution in [0.4, 0.5) is 0 Å². The molecule has 0 fully saturated rings. The van der Waals surface area contributed by atoms with Crippen LogP contribution in [-0.4, -0.2) is 224 Å². The minimum absolute atomic E-state index is 0. The van der Waals surface area contributed by atoms with E-state index >= 15 is 0 Å². The Morgan fingerprint density at radius 1 is 0.375 bits per heavy atom. The van der Waals surface area contributed by atoms with Crippen LogP contribution in [0.25, 0.3) is 0 Å². The number of hydrogen-bond acceptors (Lipinski definition) is 6. The third-order valence-electron chi connectivity index (χ3n) is 0.244. The number of hydrogen-bond donors (Lipinski definition) is 8. The van der Waals surface area contributed by atoms with Gasteiger partial charge in [0.25, 0.3) is 63.2 Å². The summed E-state index contributed by atoms with van der Waals surface area (Å²) in [7, 11) is -10.4. The fourth-order valence-electron chi connectivity index (χ4n) is 0. The van der Waals surface area contributed by atoms with Gasteiger partial charge in [-0.05, 0) is 0 Å². The Labute approximate surface area is 279 Å². The topological polar surface area (TPSA) is 264 Å². The molecule has 4 unspecified atom stereocenters. The summed E-state index contributed by atoms with van der Waals surface area (Å²) >= 11 is -5.22. The molecule has 0 aliphatic carbocycles. The molecule has 0 saturated carbocycles. The van der Waals surface area contributed by atoms with Crippen molar-refractivity contribution >= 4 is 225 Å². The first kappa shape index (κ1) is 52.0. The third-order valence-corrected chi connectivity index (χ3v) is 2.20. The quantitative estimate of drug-likeness (QED) is 0.0911. The van der Waals surface area contributed by atoms with Gasteiger partial charge in [-0.2, -0.15) is 8.42 Å². The average Bonchev–Trinajstić information content (AvgIpc) is 2.15. The van der Waals surface area contributed by atoms with Crippen molar-refractivity contribution in [3.8, 4) is 0 Å². The van der Waals surface area contributed by atoms with Crippen LogP contribution in [0.15, 0.2) is 0 Å². The molecule has 0 aromatic carbocycles. The van der Waals surface area contributed by atoms with Gasteiger partial charge in [-0.1, -0.05) is 0 Å². The Kier molecular flexibility index (Phi) is 85.3. The maximum absolute atomic E-state index is 9.26. The molecule has 0 aliphatic heterocycles. The van der Waals surface area contributed by atoms with Gasteiger partial charge in [0.05, 0.1) is 0 Å². The van der Waals surface area contributed by atoms with Crippen molar-refractivity contribution in [1.29, 1.82) is 0 Å². The van der Waals surface area contributed by atoms with Crippen LogP contribution in [-0.2, 0) is 63.2 Å². The molecule has 0 bridgehead atoms. The van der Waals surface area contributed by atoms with Gasteiger partial charge in [0.15, 0.2) is 0 Å². The van der Waals surface area contributed by atoms with Crippen LogP contribution < -0.4 is 0 Å². The second-order valence-electron chi connectivity index (χ2n) is 1.33. The molecule has 0 radical (unpaired) electrons. The van der Waals surface area contributed by atoms with Crippen molar-refractivity contribution in [2.75, 3.05) is 0 Å². The summed E-state index contributed by atoms with van der Waals surface area (Å²) in [4.78, 5) is 0. The second-order valence-corrected chi connectivity index (χ2v) is 7.41. The van der Waals surface area contributed by atoms with E-state index in [1.54, 1.807) is 0 Å². The molecule has 0 rings (SSSR count). The van der Waals surface area contributed by atoms with Crippen LogP contribution in [0, 0.1) is 0 Å². The predicted octanol–water partition coefficient (Wildman–Crippen LogP) is -4.54. The van der Waals surface area contributed by atoms with Gasteiger partial charge >= 0.3 is 162 Å². The normalized spacial score (nSPS) is 12.8. The second kappa shape index (κ2) is 39.3. The van der Waals surface area contributed by atoms with Crippen molar-refractivity contribution in [3.05, 3.63) is 0 Å². The van der Waals surface area contributed by atoms with Crippen molar-refractivity contribution in [1.82, 2.24) is 0 Å². The molecule has 136 valence electrons. The Morgan fingerprint density at radius 2 is 0.417 bits per heavy atom. The molecule has 8 N–H and O–H groups in total. The first-order chi connectivity index (χ1) is 8.75. The van der Waals surface area contributed by atoms with E-state index in [1.807, 2.05) is 0 Å².